The maximum atomic E-state index is 11.3. The van der Waals surface area contributed by atoms with Crippen LogP contribution in [0.4, 0.5) is 5.69 Å². The number of nitrogens with one attached hydrogen (secondary N) is 2. The lowest BCUT2D eigenvalue weighted by Crippen LogP contribution is -2.00. The molecule has 0 saturated carbocycles. The topological polar surface area (TPSA) is 53.0 Å². The number of ketones is 1. The van der Waals surface area contributed by atoms with Gasteiger partial charge in [-0.05, 0) is 37.1 Å². The number of Topliss-reactive ketones (excluding diaryl/α,β-unsaturated/α-hetero) is 1. The van der Waals surface area contributed by atoms with E-state index in [0.29, 0.717) is 11.3 Å². The molecule has 0 fully saturated rings. The molecule has 20 heavy (non-hydrogen) atoms. The Morgan fingerprint density at radius 3 is 2.10 bits per heavy atom. The summed E-state index contributed by atoms with van der Waals surface area (Å²) in [6, 6.07) is 13.5. The molecule has 0 aliphatic heterocycles. The number of rotatable bonds is 4. The van der Waals surface area contributed by atoms with Crippen molar-refractivity contribution in [3.63, 3.8) is 0 Å². The Kier molecular flexibility index (Phi) is 3.99. The second-order valence-electron chi connectivity index (χ2n) is 4.77. The van der Waals surface area contributed by atoms with E-state index >= 15 is 0 Å². The van der Waals surface area contributed by atoms with Gasteiger partial charge in [0, 0.05) is 29.6 Å². The predicted octanol–water partition coefficient (Wildman–Crippen LogP) is 3.99. The van der Waals surface area contributed by atoms with Crippen LogP contribution in [0.3, 0.4) is 0 Å². The summed E-state index contributed by atoms with van der Waals surface area (Å²) >= 11 is 0. The van der Waals surface area contributed by atoms with E-state index in [-0.39, 0.29) is 5.78 Å². The summed E-state index contributed by atoms with van der Waals surface area (Å²) in [5, 5.41) is 10.9. The Labute approximate surface area is 119 Å². The van der Waals surface area contributed by atoms with Crippen molar-refractivity contribution >= 4 is 17.2 Å². The molecule has 0 aromatic heterocycles. The van der Waals surface area contributed by atoms with E-state index in [1.165, 1.54) is 0 Å². The fraction of sp³-hybridized carbons (Fsp3) is 0.176. The molecule has 3 heteroatoms. The molecular formula is C17H18N2O. The average molecular weight is 266 g/mol. The average Bonchev–Trinajstić information content (AvgIpc) is 2.46. The summed E-state index contributed by atoms with van der Waals surface area (Å²) in [4.78, 5) is 11.3. The van der Waals surface area contributed by atoms with Crippen LogP contribution in [0.2, 0.25) is 0 Å². The van der Waals surface area contributed by atoms with Crippen LogP contribution in [0.15, 0.2) is 42.5 Å². The van der Waals surface area contributed by atoms with Crippen LogP contribution in [-0.4, -0.2) is 18.5 Å². The van der Waals surface area contributed by atoms with Gasteiger partial charge in [-0.1, -0.05) is 30.3 Å². The molecule has 2 rings (SSSR count). The van der Waals surface area contributed by atoms with Crippen molar-refractivity contribution in [2.75, 3.05) is 12.4 Å². The van der Waals surface area contributed by atoms with Gasteiger partial charge in [0.25, 0.3) is 0 Å². The third-order valence-corrected chi connectivity index (χ3v) is 3.32. The van der Waals surface area contributed by atoms with Crippen molar-refractivity contribution in [3.8, 4) is 11.1 Å². The molecule has 0 radical (unpaired) electrons. The van der Waals surface area contributed by atoms with E-state index in [4.69, 9.17) is 5.41 Å². The van der Waals surface area contributed by atoms with E-state index in [2.05, 4.69) is 5.32 Å². The lowest BCUT2D eigenvalue weighted by molar-refractivity contribution is 0.101. The van der Waals surface area contributed by atoms with Crippen LogP contribution in [0.25, 0.3) is 11.1 Å². The fourth-order valence-electron chi connectivity index (χ4n) is 2.15. The fourth-order valence-corrected chi connectivity index (χ4v) is 2.15. The van der Waals surface area contributed by atoms with Gasteiger partial charge in [-0.15, -0.1) is 0 Å². The van der Waals surface area contributed by atoms with Crippen LogP contribution in [0.5, 0.6) is 0 Å². The van der Waals surface area contributed by atoms with Crippen molar-refractivity contribution in [2.24, 2.45) is 0 Å². The monoisotopic (exact) mass is 266 g/mol. The first-order valence-electron chi connectivity index (χ1n) is 6.51. The SMILES string of the molecule is CNc1ccc(-c2ccc(C(C)=O)cc2)cc1C(C)=N. The minimum absolute atomic E-state index is 0.0677. The van der Waals surface area contributed by atoms with E-state index in [0.717, 1.165) is 22.4 Å². The summed E-state index contributed by atoms with van der Waals surface area (Å²) in [5.41, 5.74) is 5.16. The molecule has 0 atom stereocenters. The van der Waals surface area contributed by atoms with E-state index in [1.54, 1.807) is 13.8 Å². The van der Waals surface area contributed by atoms with Gasteiger partial charge in [-0.3, -0.25) is 4.79 Å². The smallest absolute Gasteiger partial charge is 0.159 e. The molecule has 2 aromatic carbocycles. The Balaban J connectivity index is 2.45. The normalized spacial score (nSPS) is 10.2. The molecule has 2 N–H and O–H groups in total. The van der Waals surface area contributed by atoms with Crippen LogP contribution in [0.1, 0.15) is 29.8 Å². The number of carbonyl (C=O) groups excluding carboxylic acids is 1. The lowest BCUT2D eigenvalue weighted by atomic mass is 9.98. The first-order valence-corrected chi connectivity index (χ1v) is 6.51. The van der Waals surface area contributed by atoms with Crippen LogP contribution >= 0.6 is 0 Å². The highest BCUT2D eigenvalue weighted by Crippen LogP contribution is 2.26. The maximum Gasteiger partial charge on any atom is 0.159 e. The molecule has 0 spiro atoms. The zero-order chi connectivity index (χ0) is 14.7. The first kappa shape index (κ1) is 14.0. The Morgan fingerprint density at radius 2 is 1.60 bits per heavy atom. The molecular weight excluding hydrogens is 248 g/mol. The quantitative estimate of drug-likeness (QED) is 0.649. The summed E-state index contributed by atoms with van der Waals surface area (Å²) in [6.07, 6.45) is 0. The van der Waals surface area contributed by atoms with Crippen LogP contribution < -0.4 is 5.32 Å². The molecule has 0 amide bonds. The second-order valence-corrected chi connectivity index (χ2v) is 4.77. The highest BCUT2D eigenvalue weighted by molar-refractivity contribution is 6.02. The van der Waals surface area contributed by atoms with E-state index in [1.807, 2.05) is 49.5 Å². The van der Waals surface area contributed by atoms with Gasteiger partial charge in [0.05, 0.1) is 0 Å². The minimum atomic E-state index is 0.0677. The van der Waals surface area contributed by atoms with Crippen molar-refractivity contribution in [1.82, 2.24) is 0 Å². The largest absolute Gasteiger partial charge is 0.388 e. The molecule has 3 nitrogen and oxygen atoms in total. The number of hydrogen-bond donors (Lipinski definition) is 2. The maximum absolute atomic E-state index is 11.3. The molecule has 2 aromatic rings. The Bertz CT molecular complexity index is 657. The zero-order valence-electron chi connectivity index (χ0n) is 11.9. The van der Waals surface area contributed by atoms with Gasteiger partial charge >= 0.3 is 0 Å². The van der Waals surface area contributed by atoms with Gasteiger partial charge in [0.1, 0.15) is 0 Å². The minimum Gasteiger partial charge on any atom is -0.388 e. The molecule has 0 aliphatic rings. The lowest BCUT2D eigenvalue weighted by Gasteiger charge is -2.11. The van der Waals surface area contributed by atoms with Crippen molar-refractivity contribution < 1.29 is 4.79 Å². The zero-order valence-corrected chi connectivity index (χ0v) is 11.9. The molecule has 0 aliphatic carbocycles. The first-order chi connectivity index (χ1) is 9.52. The number of anilines is 1. The predicted molar refractivity (Wildman–Crippen MR) is 83.9 cm³/mol. The van der Waals surface area contributed by atoms with E-state index in [9.17, 15) is 4.79 Å². The number of benzene rings is 2. The van der Waals surface area contributed by atoms with Gasteiger partial charge < -0.3 is 10.7 Å². The molecule has 102 valence electrons. The molecule has 0 heterocycles. The van der Waals surface area contributed by atoms with Gasteiger partial charge in [0.15, 0.2) is 5.78 Å². The van der Waals surface area contributed by atoms with Crippen LogP contribution in [0, 0.1) is 5.41 Å². The summed E-state index contributed by atoms with van der Waals surface area (Å²) < 4.78 is 0. The van der Waals surface area contributed by atoms with Gasteiger partial charge in [-0.2, -0.15) is 0 Å². The van der Waals surface area contributed by atoms with E-state index < -0.39 is 0 Å². The molecule has 0 unspecified atom stereocenters. The van der Waals surface area contributed by atoms with Crippen molar-refractivity contribution in [1.29, 1.82) is 5.41 Å². The van der Waals surface area contributed by atoms with Gasteiger partial charge in [0.2, 0.25) is 0 Å². The summed E-state index contributed by atoms with van der Waals surface area (Å²) in [5.74, 6) is 0.0677. The number of carbonyl (C=O) groups is 1. The number of hydrogen-bond acceptors (Lipinski definition) is 3. The highest BCUT2D eigenvalue weighted by Gasteiger charge is 2.07. The standard InChI is InChI=1S/C17H18N2O/c1-11(18)16-10-15(8-9-17(16)19-3)14-6-4-13(5-7-14)12(2)20/h4-10,18-19H,1-3H3. The van der Waals surface area contributed by atoms with Crippen LogP contribution in [-0.2, 0) is 0 Å². The molecule has 0 bridgehead atoms. The third kappa shape index (κ3) is 2.77. The summed E-state index contributed by atoms with van der Waals surface area (Å²) in [6.45, 7) is 3.34. The molecule has 0 saturated heterocycles. The Hall–Kier alpha value is -2.42. The Morgan fingerprint density at radius 1 is 1.00 bits per heavy atom. The third-order valence-electron chi connectivity index (χ3n) is 3.32. The van der Waals surface area contributed by atoms with Crippen molar-refractivity contribution in [2.45, 2.75) is 13.8 Å². The highest BCUT2D eigenvalue weighted by atomic mass is 16.1. The summed E-state index contributed by atoms with van der Waals surface area (Å²) in [7, 11) is 1.85. The van der Waals surface area contributed by atoms with Gasteiger partial charge in [-0.25, -0.2) is 0 Å². The van der Waals surface area contributed by atoms with Crippen molar-refractivity contribution in [3.05, 3.63) is 53.6 Å². The second kappa shape index (κ2) is 5.70.